The second-order valence-corrected chi connectivity index (χ2v) is 9.53. The first-order valence-electron chi connectivity index (χ1n) is 12.7. The summed E-state index contributed by atoms with van der Waals surface area (Å²) >= 11 is 0. The van der Waals surface area contributed by atoms with E-state index in [4.69, 9.17) is 9.84 Å². The molecule has 5 rings (SSSR count). The summed E-state index contributed by atoms with van der Waals surface area (Å²) < 4.78 is 34.5. The molecular formula is C30H30F2N4O2. The average Bonchev–Trinajstić information content (AvgIpc) is 3.21. The minimum absolute atomic E-state index is 0.0287. The van der Waals surface area contributed by atoms with Crippen molar-refractivity contribution in [1.82, 2.24) is 19.6 Å². The molecule has 0 radical (unpaired) electrons. The van der Waals surface area contributed by atoms with Crippen LogP contribution >= 0.6 is 0 Å². The number of piperazine rings is 1. The zero-order chi connectivity index (χ0) is 26.6. The Kier molecular flexibility index (Phi) is 7.51. The quantitative estimate of drug-likeness (QED) is 0.334. The molecule has 38 heavy (non-hydrogen) atoms. The molecule has 0 bridgehead atoms. The molecule has 196 valence electrons. The Morgan fingerprint density at radius 1 is 0.921 bits per heavy atom. The first kappa shape index (κ1) is 25.6. The zero-order valence-electron chi connectivity index (χ0n) is 21.5. The van der Waals surface area contributed by atoms with Gasteiger partial charge in [-0.15, -0.1) is 0 Å². The number of hydrogen-bond donors (Lipinski definition) is 0. The third kappa shape index (κ3) is 5.60. The summed E-state index contributed by atoms with van der Waals surface area (Å²) in [4.78, 5) is 17.4. The summed E-state index contributed by atoms with van der Waals surface area (Å²) in [5.41, 5.74) is 5.72. The molecular weight excluding hydrogens is 486 g/mol. The van der Waals surface area contributed by atoms with Crippen LogP contribution in [0.15, 0.2) is 72.8 Å². The highest BCUT2D eigenvalue weighted by Crippen LogP contribution is 2.22. The van der Waals surface area contributed by atoms with Crippen LogP contribution in [0.3, 0.4) is 0 Å². The molecule has 1 aliphatic rings. The van der Waals surface area contributed by atoms with E-state index in [2.05, 4.69) is 24.0 Å². The number of hydrogen-bond acceptors (Lipinski definition) is 4. The highest BCUT2D eigenvalue weighted by Gasteiger charge is 2.24. The van der Waals surface area contributed by atoms with E-state index < -0.39 is 11.6 Å². The fourth-order valence-electron chi connectivity index (χ4n) is 4.79. The predicted molar refractivity (Wildman–Crippen MR) is 141 cm³/mol. The fourth-order valence-corrected chi connectivity index (χ4v) is 4.79. The number of rotatable bonds is 7. The van der Waals surface area contributed by atoms with Crippen LogP contribution in [0.25, 0.3) is 5.69 Å². The van der Waals surface area contributed by atoms with E-state index in [0.717, 1.165) is 54.4 Å². The van der Waals surface area contributed by atoms with Gasteiger partial charge >= 0.3 is 0 Å². The fraction of sp³-hybridized carbons (Fsp3) is 0.267. The van der Waals surface area contributed by atoms with Crippen molar-refractivity contribution in [3.8, 4) is 11.4 Å². The third-order valence-electron chi connectivity index (χ3n) is 6.95. The lowest BCUT2D eigenvalue weighted by Crippen LogP contribution is -2.48. The number of carbonyl (C=O) groups is 1. The van der Waals surface area contributed by atoms with Gasteiger partial charge in [0.1, 0.15) is 12.4 Å². The Bertz CT molecular complexity index is 1430. The maximum atomic E-state index is 13.9. The van der Waals surface area contributed by atoms with Crippen LogP contribution in [-0.4, -0.2) is 51.7 Å². The number of ether oxygens (including phenoxy) is 1. The lowest BCUT2D eigenvalue weighted by molar-refractivity contribution is 0.0627. The molecule has 1 amide bonds. The highest BCUT2D eigenvalue weighted by atomic mass is 19.1. The van der Waals surface area contributed by atoms with Crippen molar-refractivity contribution in [3.63, 3.8) is 0 Å². The summed E-state index contributed by atoms with van der Waals surface area (Å²) in [5.74, 6) is -1.48. The first-order chi connectivity index (χ1) is 18.4. The lowest BCUT2D eigenvalue weighted by Gasteiger charge is -2.35. The van der Waals surface area contributed by atoms with Gasteiger partial charge in [0.05, 0.1) is 11.4 Å². The zero-order valence-corrected chi connectivity index (χ0v) is 21.5. The molecule has 1 aliphatic heterocycles. The maximum absolute atomic E-state index is 13.9. The van der Waals surface area contributed by atoms with Crippen LogP contribution in [0.5, 0.6) is 5.75 Å². The second kappa shape index (κ2) is 11.1. The molecule has 0 atom stereocenters. The van der Waals surface area contributed by atoms with Gasteiger partial charge in [-0.05, 0) is 55.8 Å². The van der Waals surface area contributed by atoms with Gasteiger partial charge in [-0.1, -0.05) is 30.3 Å². The molecule has 0 unspecified atom stereocenters. The molecule has 2 heterocycles. The van der Waals surface area contributed by atoms with Gasteiger partial charge in [0.2, 0.25) is 0 Å². The van der Waals surface area contributed by atoms with Crippen molar-refractivity contribution in [1.29, 1.82) is 0 Å². The molecule has 1 fully saturated rings. The van der Waals surface area contributed by atoms with E-state index in [1.54, 1.807) is 18.2 Å². The molecule has 0 N–H and O–H groups in total. The van der Waals surface area contributed by atoms with Gasteiger partial charge in [-0.3, -0.25) is 9.69 Å². The molecule has 0 spiro atoms. The van der Waals surface area contributed by atoms with E-state index in [9.17, 15) is 13.6 Å². The molecule has 1 saturated heterocycles. The molecule has 0 saturated carbocycles. The molecule has 4 aromatic rings. The topological polar surface area (TPSA) is 50.6 Å². The summed E-state index contributed by atoms with van der Waals surface area (Å²) in [6.45, 7) is 7.82. The summed E-state index contributed by atoms with van der Waals surface area (Å²) in [6, 6.07) is 20.5. The van der Waals surface area contributed by atoms with Crippen molar-refractivity contribution in [2.24, 2.45) is 0 Å². The van der Waals surface area contributed by atoms with E-state index in [-0.39, 0.29) is 18.3 Å². The minimum atomic E-state index is -0.757. The van der Waals surface area contributed by atoms with Gasteiger partial charge < -0.3 is 9.64 Å². The van der Waals surface area contributed by atoms with Crippen LogP contribution in [-0.2, 0) is 13.2 Å². The number of carbonyl (C=O) groups excluding carboxylic acids is 1. The van der Waals surface area contributed by atoms with Gasteiger partial charge in [-0.25, -0.2) is 13.5 Å². The minimum Gasteiger partial charge on any atom is -0.486 e. The number of benzene rings is 3. The van der Waals surface area contributed by atoms with Gasteiger partial charge in [-0.2, -0.15) is 5.10 Å². The Labute approximate surface area is 221 Å². The SMILES string of the molecule is Cc1nn(-c2ccccc2)c(C)c1CN1CCN(C(=O)c2cccc(COc3ccc(F)cc3F)c2)CC1. The van der Waals surface area contributed by atoms with E-state index in [0.29, 0.717) is 18.7 Å². The van der Waals surface area contributed by atoms with Crippen LogP contribution in [0, 0.1) is 25.5 Å². The van der Waals surface area contributed by atoms with Crippen molar-refractivity contribution in [3.05, 3.63) is 113 Å². The van der Waals surface area contributed by atoms with Crippen molar-refractivity contribution in [2.45, 2.75) is 27.0 Å². The van der Waals surface area contributed by atoms with Gasteiger partial charge in [0.25, 0.3) is 5.91 Å². The van der Waals surface area contributed by atoms with Gasteiger partial charge in [0.15, 0.2) is 11.6 Å². The predicted octanol–water partition coefficient (Wildman–Crippen LogP) is 5.30. The van der Waals surface area contributed by atoms with E-state index >= 15 is 0 Å². The molecule has 6 nitrogen and oxygen atoms in total. The number of para-hydroxylation sites is 1. The Morgan fingerprint density at radius 3 is 2.42 bits per heavy atom. The summed E-state index contributed by atoms with van der Waals surface area (Å²) in [6.07, 6.45) is 0. The van der Waals surface area contributed by atoms with Crippen molar-refractivity contribution < 1.29 is 18.3 Å². The third-order valence-corrected chi connectivity index (χ3v) is 6.95. The summed E-state index contributed by atoms with van der Waals surface area (Å²) in [7, 11) is 0. The monoisotopic (exact) mass is 516 g/mol. The Morgan fingerprint density at radius 2 is 1.68 bits per heavy atom. The molecule has 1 aromatic heterocycles. The van der Waals surface area contributed by atoms with Crippen molar-refractivity contribution >= 4 is 5.91 Å². The Hall–Kier alpha value is -4.04. The number of aromatic nitrogens is 2. The van der Waals surface area contributed by atoms with Crippen LogP contribution < -0.4 is 4.74 Å². The number of amides is 1. The van der Waals surface area contributed by atoms with Crippen LogP contribution in [0.4, 0.5) is 8.78 Å². The maximum Gasteiger partial charge on any atom is 0.253 e. The first-order valence-corrected chi connectivity index (χ1v) is 12.7. The highest BCUT2D eigenvalue weighted by molar-refractivity contribution is 5.94. The molecule has 3 aromatic carbocycles. The summed E-state index contributed by atoms with van der Waals surface area (Å²) in [5, 5.41) is 4.76. The second-order valence-electron chi connectivity index (χ2n) is 9.53. The normalized spacial score (nSPS) is 14.1. The number of halogens is 2. The van der Waals surface area contributed by atoms with Gasteiger partial charge in [0, 0.05) is 55.6 Å². The number of aryl methyl sites for hydroxylation is 1. The van der Waals surface area contributed by atoms with E-state index in [1.807, 2.05) is 40.8 Å². The smallest absolute Gasteiger partial charge is 0.253 e. The van der Waals surface area contributed by atoms with Crippen LogP contribution in [0.1, 0.15) is 32.9 Å². The lowest BCUT2D eigenvalue weighted by atomic mass is 10.1. The van der Waals surface area contributed by atoms with E-state index in [1.165, 1.54) is 11.6 Å². The molecule has 0 aliphatic carbocycles. The molecule has 8 heteroatoms. The van der Waals surface area contributed by atoms with Crippen molar-refractivity contribution in [2.75, 3.05) is 26.2 Å². The standard InChI is InChI=1S/C30H30F2N4O2/c1-21-27(22(2)36(33-21)26-9-4-3-5-10-26)19-34-13-15-35(16-14-34)30(37)24-8-6-7-23(17-24)20-38-29-12-11-25(31)18-28(29)32/h3-12,17-18H,13-16,19-20H2,1-2H3. The van der Waals surface area contributed by atoms with Crippen LogP contribution in [0.2, 0.25) is 0 Å². The largest absolute Gasteiger partial charge is 0.486 e. The average molecular weight is 517 g/mol. The number of nitrogens with zero attached hydrogens (tertiary/aromatic N) is 4. The Balaban J connectivity index is 1.18.